The molecule has 0 spiro atoms. The van der Waals surface area contributed by atoms with E-state index < -0.39 is 0 Å². The average molecular weight is 296 g/mol. The molecular formula is C17H17FN4. The Morgan fingerprint density at radius 1 is 1.14 bits per heavy atom. The number of aryl methyl sites for hydroxylation is 2. The van der Waals surface area contributed by atoms with Crippen LogP contribution in [0.3, 0.4) is 0 Å². The predicted octanol–water partition coefficient (Wildman–Crippen LogP) is 3.53. The highest BCUT2D eigenvalue weighted by Gasteiger charge is 2.14. The fourth-order valence-corrected chi connectivity index (χ4v) is 2.35. The number of anilines is 1. The molecule has 2 N–H and O–H groups in total. The Bertz CT molecular complexity index is 806. The normalized spacial score (nSPS) is 10.9. The van der Waals surface area contributed by atoms with Gasteiger partial charge in [-0.05, 0) is 54.8 Å². The summed E-state index contributed by atoms with van der Waals surface area (Å²) in [5.74, 6) is 0.195. The van der Waals surface area contributed by atoms with Crippen molar-refractivity contribution in [2.24, 2.45) is 0 Å². The summed E-state index contributed by atoms with van der Waals surface area (Å²) in [5, 5.41) is 8.26. The van der Waals surface area contributed by atoms with E-state index in [0.29, 0.717) is 17.1 Å². The summed E-state index contributed by atoms with van der Waals surface area (Å²) < 4.78 is 15.0. The molecule has 5 heteroatoms. The Labute approximate surface area is 128 Å². The van der Waals surface area contributed by atoms with Gasteiger partial charge in [0, 0.05) is 5.56 Å². The van der Waals surface area contributed by atoms with Crippen LogP contribution in [-0.4, -0.2) is 15.0 Å². The molecule has 2 aromatic carbocycles. The third-order valence-electron chi connectivity index (χ3n) is 3.73. The second kappa shape index (κ2) is 5.60. The zero-order valence-electron chi connectivity index (χ0n) is 12.5. The van der Waals surface area contributed by atoms with Crippen molar-refractivity contribution in [3.05, 3.63) is 59.4 Å². The largest absolute Gasteiger partial charge is 0.382 e. The predicted molar refractivity (Wildman–Crippen MR) is 85.3 cm³/mol. The number of rotatable bonds is 3. The van der Waals surface area contributed by atoms with Crippen LogP contribution >= 0.6 is 0 Å². The third-order valence-corrected chi connectivity index (χ3v) is 3.73. The Morgan fingerprint density at radius 3 is 2.50 bits per heavy atom. The van der Waals surface area contributed by atoms with Gasteiger partial charge in [-0.25, -0.2) is 4.39 Å². The molecule has 4 nitrogen and oxygen atoms in total. The van der Waals surface area contributed by atoms with Gasteiger partial charge in [0.05, 0.1) is 5.69 Å². The standard InChI is InChI=1S/C17H17FN4/c1-3-12-4-7-14(8-5-12)22-17(19)16(20-21-22)13-6-9-15(18)11(2)10-13/h4-10H,3,19H2,1-2H3. The van der Waals surface area contributed by atoms with Gasteiger partial charge in [0.2, 0.25) is 0 Å². The highest BCUT2D eigenvalue weighted by molar-refractivity contribution is 5.71. The van der Waals surface area contributed by atoms with Crippen LogP contribution in [0.15, 0.2) is 42.5 Å². The monoisotopic (exact) mass is 296 g/mol. The molecule has 0 bridgehead atoms. The molecule has 0 saturated heterocycles. The van der Waals surface area contributed by atoms with Gasteiger partial charge < -0.3 is 5.73 Å². The molecule has 1 aromatic heterocycles. The quantitative estimate of drug-likeness (QED) is 0.804. The molecule has 0 aliphatic rings. The molecule has 22 heavy (non-hydrogen) atoms. The minimum Gasteiger partial charge on any atom is -0.382 e. The molecule has 0 saturated carbocycles. The van der Waals surface area contributed by atoms with E-state index in [-0.39, 0.29) is 5.82 Å². The van der Waals surface area contributed by atoms with Crippen molar-refractivity contribution in [3.63, 3.8) is 0 Å². The number of hydrogen-bond donors (Lipinski definition) is 1. The van der Waals surface area contributed by atoms with E-state index in [9.17, 15) is 4.39 Å². The molecule has 0 fully saturated rings. The minimum atomic E-state index is -0.245. The summed E-state index contributed by atoms with van der Waals surface area (Å²) >= 11 is 0. The van der Waals surface area contributed by atoms with Crippen molar-refractivity contribution in [2.45, 2.75) is 20.3 Å². The van der Waals surface area contributed by atoms with Gasteiger partial charge in [-0.1, -0.05) is 24.3 Å². The molecule has 0 aliphatic carbocycles. The summed E-state index contributed by atoms with van der Waals surface area (Å²) in [6.45, 7) is 3.82. The fraction of sp³-hybridized carbons (Fsp3) is 0.176. The summed E-state index contributed by atoms with van der Waals surface area (Å²) in [7, 11) is 0. The van der Waals surface area contributed by atoms with Crippen LogP contribution in [0.4, 0.5) is 10.2 Å². The van der Waals surface area contributed by atoms with E-state index in [2.05, 4.69) is 17.2 Å². The molecular weight excluding hydrogens is 279 g/mol. The Balaban J connectivity index is 2.02. The van der Waals surface area contributed by atoms with Crippen molar-refractivity contribution >= 4 is 5.82 Å². The van der Waals surface area contributed by atoms with Crippen molar-refractivity contribution < 1.29 is 4.39 Å². The number of nitrogens with two attached hydrogens (primary N) is 1. The highest BCUT2D eigenvalue weighted by atomic mass is 19.1. The summed E-state index contributed by atoms with van der Waals surface area (Å²) in [4.78, 5) is 0. The highest BCUT2D eigenvalue weighted by Crippen LogP contribution is 2.26. The summed E-state index contributed by atoms with van der Waals surface area (Å²) in [5.41, 5.74) is 10.1. The SMILES string of the molecule is CCc1ccc(-n2nnc(-c3ccc(F)c(C)c3)c2N)cc1. The van der Waals surface area contributed by atoms with E-state index in [0.717, 1.165) is 17.7 Å². The summed E-state index contributed by atoms with van der Waals surface area (Å²) in [6, 6.07) is 12.8. The molecule has 3 aromatic rings. The lowest BCUT2D eigenvalue weighted by Gasteiger charge is -2.05. The van der Waals surface area contributed by atoms with Crippen molar-refractivity contribution in [3.8, 4) is 16.9 Å². The second-order valence-electron chi connectivity index (χ2n) is 5.22. The van der Waals surface area contributed by atoms with E-state index in [1.165, 1.54) is 11.6 Å². The Morgan fingerprint density at radius 2 is 1.86 bits per heavy atom. The van der Waals surface area contributed by atoms with Gasteiger partial charge in [-0.3, -0.25) is 0 Å². The number of hydrogen-bond acceptors (Lipinski definition) is 3. The van der Waals surface area contributed by atoms with Crippen LogP contribution in [0.25, 0.3) is 16.9 Å². The zero-order chi connectivity index (χ0) is 15.7. The lowest BCUT2D eigenvalue weighted by Crippen LogP contribution is -2.02. The van der Waals surface area contributed by atoms with Gasteiger partial charge in [0.25, 0.3) is 0 Å². The molecule has 112 valence electrons. The maximum absolute atomic E-state index is 13.4. The average Bonchev–Trinajstić information content (AvgIpc) is 2.92. The molecule has 0 amide bonds. The maximum atomic E-state index is 13.4. The van der Waals surface area contributed by atoms with Crippen molar-refractivity contribution in [1.82, 2.24) is 15.0 Å². The molecule has 3 rings (SSSR count). The first-order valence-corrected chi connectivity index (χ1v) is 7.17. The zero-order valence-corrected chi connectivity index (χ0v) is 12.5. The first-order chi connectivity index (χ1) is 10.6. The second-order valence-corrected chi connectivity index (χ2v) is 5.22. The van der Waals surface area contributed by atoms with Crippen LogP contribution in [0.1, 0.15) is 18.1 Å². The molecule has 0 unspecified atom stereocenters. The fourth-order valence-electron chi connectivity index (χ4n) is 2.35. The first kappa shape index (κ1) is 14.3. The molecule has 1 heterocycles. The number of aromatic nitrogens is 3. The number of nitrogen functional groups attached to an aromatic ring is 1. The van der Waals surface area contributed by atoms with Crippen LogP contribution in [-0.2, 0) is 6.42 Å². The maximum Gasteiger partial charge on any atom is 0.155 e. The molecule has 0 aliphatic heterocycles. The van der Waals surface area contributed by atoms with E-state index >= 15 is 0 Å². The Hall–Kier alpha value is -2.69. The Kier molecular flexibility index (Phi) is 3.63. The van der Waals surface area contributed by atoms with Crippen LogP contribution in [0, 0.1) is 12.7 Å². The van der Waals surface area contributed by atoms with Gasteiger partial charge in [0.15, 0.2) is 5.82 Å². The van der Waals surface area contributed by atoms with E-state index in [1.54, 1.807) is 23.7 Å². The van der Waals surface area contributed by atoms with E-state index in [4.69, 9.17) is 5.73 Å². The van der Waals surface area contributed by atoms with Gasteiger partial charge in [-0.2, -0.15) is 4.68 Å². The topological polar surface area (TPSA) is 56.7 Å². The van der Waals surface area contributed by atoms with Gasteiger partial charge in [0.1, 0.15) is 11.5 Å². The first-order valence-electron chi connectivity index (χ1n) is 7.17. The lowest BCUT2D eigenvalue weighted by atomic mass is 10.1. The third kappa shape index (κ3) is 2.45. The molecule has 0 radical (unpaired) electrons. The lowest BCUT2D eigenvalue weighted by molar-refractivity contribution is 0.619. The van der Waals surface area contributed by atoms with Gasteiger partial charge >= 0.3 is 0 Å². The summed E-state index contributed by atoms with van der Waals surface area (Å²) in [6.07, 6.45) is 0.979. The number of benzene rings is 2. The van der Waals surface area contributed by atoms with Crippen LogP contribution in [0.2, 0.25) is 0 Å². The number of halogens is 1. The minimum absolute atomic E-state index is 0.245. The number of nitrogens with zero attached hydrogens (tertiary/aromatic N) is 3. The van der Waals surface area contributed by atoms with Crippen LogP contribution < -0.4 is 5.73 Å². The van der Waals surface area contributed by atoms with E-state index in [1.807, 2.05) is 24.3 Å². The van der Waals surface area contributed by atoms with Crippen LogP contribution in [0.5, 0.6) is 0 Å². The smallest absolute Gasteiger partial charge is 0.155 e. The molecule has 0 atom stereocenters. The van der Waals surface area contributed by atoms with Crippen molar-refractivity contribution in [1.29, 1.82) is 0 Å². The van der Waals surface area contributed by atoms with Gasteiger partial charge in [-0.15, -0.1) is 5.10 Å². The van der Waals surface area contributed by atoms with Crippen molar-refractivity contribution in [2.75, 3.05) is 5.73 Å².